The highest BCUT2D eigenvalue weighted by molar-refractivity contribution is 6.21. The fourth-order valence-electron chi connectivity index (χ4n) is 2.40. The lowest BCUT2D eigenvalue weighted by Crippen LogP contribution is -2.07. The average molecular weight is 364 g/mol. The number of carbonyl (C=O) groups excluding carboxylic acids is 1. The van der Waals surface area contributed by atoms with E-state index in [0.29, 0.717) is 12.4 Å². The van der Waals surface area contributed by atoms with Gasteiger partial charge in [-0.3, -0.25) is 0 Å². The molecule has 0 fully saturated rings. The van der Waals surface area contributed by atoms with Gasteiger partial charge in [-0.15, -0.1) is 12.4 Å². The van der Waals surface area contributed by atoms with Gasteiger partial charge in [-0.2, -0.15) is 0 Å². The summed E-state index contributed by atoms with van der Waals surface area (Å²) < 4.78 is 10.6. The van der Waals surface area contributed by atoms with E-state index in [1.807, 2.05) is 13.0 Å². The second-order valence-corrected chi connectivity index (χ2v) is 5.00. The highest BCUT2D eigenvalue weighted by atomic mass is 35.5. The van der Waals surface area contributed by atoms with E-state index in [9.17, 15) is 9.90 Å². The minimum atomic E-state index is -0.637. The molecule has 0 radical (unpaired) electrons. The molecular weight excluding hydrogens is 346 g/mol. The Kier molecular flexibility index (Phi) is 5.82. The molecule has 0 unspecified atom stereocenters. The van der Waals surface area contributed by atoms with E-state index in [1.165, 1.54) is 0 Å². The second-order valence-electron chi connectivity index (χ2n) is 5.00. The van der Waals surface area contributed by atoms with Crippen molar-refractivity contribution in [3.8, 4) is 5.75 Å². The van der Waals surface area contributed by atoms with Crippen molar-refractivity contribution in [3.05, 3.63) is 35.2 Å². The SMILES string of the molecule is CCNc1oc(C=C2C=Nc3ncccc32)c(O)c1C(=O)OCC.Cl. The van der Waals surface area contributed by atoms with Crippen LogP contribution in [0.2, 0.25) is 0 Å². The summed E-state index contributed by atoms with van der Waals surface area (Å²) in [5.74, 6) is 0.0465. The van der Waals surface area contributed by atoms with Crippen LogP contribution in [0.1, 0.15) is 35.5 Å². The largest absolute Gasteiger partial charge is 0.504 e. The highest BCUT2D eigenvalue weighted by Gasteiger charge is 2.26. The van der Waals surface area contributed by atoms with Gasteiger partial charge in [0.2, 0.25) is 5.88 Å². The summed E-state index contributed by atoms with van der Waals surface area (Å²) in [6.45, 7) is 4.29. The Labute approximate surface area is 150 Å². The molecule has 0 aromatic carbocycles. The molecule has 8 heteroatoms. The van der Waals surface area contributed by atoms with E-state index < -0.39 is 5.97 Å². The molecular formula is C17H18ClN3O4. The van der Waals surface area contributed by atoms with Gasteiger partial charge in [0.15, 0.2) is 22.9 Å². The van der Waals surface area contributed by atoms with Crippen LogP contribution in [-0.2, 0) is 4.74 Å². The molecule has 132 valence electrons. The van der Waals surface area contributed by atoms with Crippen LogP contribution < -0.4 is 5.32 Å². The number of pyridine rings is 1. The lowest BCUT2D eigenvalue weighted by molar-refractivity contribution is 0.0524. The molecule has 0 bridgehead atoms. The van der Waals surface area contributed by atoms with Crippen molar-refractivity contribution < 1.29 is 19.1 Å². The quantitative estimate of drug-likeness (QED) is 0.787. The van der Waals surface area contributed by atoms with E-state index in [-0.39, 0.29) is 42.0 Å². The number of anilines is 1. The second kappa shape index (κ2) is 7.85. The Morgan fingerprint density at radius 3 is 2.96 bits per heavy atom. The highest BCUT2D eigenvalue weighted by Crippen LogP contribution is 2.38. The van der Waals surface area contributed by atoms with Gasteiger partial charge in [0.25, 0.3) is 0 Å². The van der Waals surface area contributed by atoms with Crippen molar-refractivity contribution in [1.82, 2.24) is 4.98 Å². The number of nitrogens with zero attached hydrogens (tertiary/aromatic N) is 2. The van der Waals surface area contributed by atoms with Crippen LogP contribution in [0.4, 0.5) is 11.7 Å². The van der Waals surface area contributed by atoms with Gasteiger partial charge in [0, 0.05) is 30.1 Å². The summed E-state index contributed by atoms with van der Waals surface area (Å²) in [4.78, 5) is 20.4. The smallest absolute Gasteiger partial charge is 0.347 e. The van der Waals surface area contributed by atoms with Crippen LogP contribution >= 0.6 is 12.4 Å². The van der Waals surface area contributed by atoms with E-state index in [4.69, 9.17) is 9.15 Å². The number of halogens is 1. The summed E-state index contributed by atoms with van der Waals surface area (Å²) in [6, 6.07) is 3.68. The number of allylic oxidation sites excluding steroid dienone is 1. The Hall–Kier alpha value is -2.80. The molecule has 2 aromatic heterocycles. The predicted octanol–water partition coefficient (Wildman–Crippen LogP) is 3.67. The zero-order valence-corrected chi connectivity index (χ0v) is 14.6. The standard InChI is InChI=1S/C17H17N3O4.ClH/c1-3-18-16-13(17(22)23-4-2)14(21)12(24-16)8-10-9-20-15-11(10)6-5-7-19-15;/h5-9,18,21H,3-4H2,1-2H3;1H. The van der Waals surface area contributed by atoms with Gasteiger partial charge in [-0.25, -0.2) is 14.8 Å². The normalized spacial score (nSPS) is 13.4. The molecule has 25 heavy (non-hydrogen) atoms. The molecule has 0 saturated carbocycles. The summed E-state index contributed by atoms with van der Waals surface area (Å²) >= 11 is 0. The first-order valence-corrected chi connectivity index (χ1v) is 7.63. The van der Waals surface area contributed by atoms with Gasteiger partial charge in [0.1, 0.15) is 0 Å². The topological polar surface area (TPSA) is 97.0 Å². The molecule has 3 heterocycles. The zero-order chi connectivity index (χ0) is 17.1. The molecule has 2 N–H and O–H groups in total. The molecule has 1 aliphatic heterocycles. The maximum absolute atomic E-state index is 12.1. The number of furan rings is 1. The van der Waals surface area contributed by atoms with Crippen molar-refractivity contribution in [2.45, 2.75) is 13.8 Å². The lowest BCUT2D eigenvalue weighted by atomic mass is 10.1. The minimum Gasteiger partial charge on any atom is -0.504 e. The first-order valence-electron chi connectivity index (χ1n) is 7.63. The molecule has 3 rings (SSSR count). The number of nitrogens with one attached hydrogen (secondary N) is 1. The van der Waals surface area contributed by atoms with Crippen molar-refractivity contribution in [2.75, 3.05) is 18.5 Å². The molecule has 7 nitrogen and oxygen atoms in total. The number of esters is 1. The first-order chi connectivity index (χ1) is 11.7. The van der Waals surface area contributed by atoms with Gasteiger partial charge in [-0.1, -0.05) is 0 Å². The number of hydrogen-bond acceptors (Lipinski definition) is 7. The summed E-state index contributed by atoms with van der Waals surface area (Å²) in [7, 11) is 0. The monoisotopic (exact) mass is 363 g/mol. The van der Waals surface area contributed by atoms with Crippen molar-refractivity contribution >= 4 is 47.9 Å². The van der Waals surface area contributed by atoms with Crippen LogP contribution in [0, 0.1) is 0 Å². The molecule has 1 aliphatic rings. The Balaban J connectivity index is 0.00000225. The Morgan fingerprint density at radius 1 is 1.44 bits per heavy atom. The predicted molar refractivity (Wildman–Crippen MR) is 98.0 cm³/mol. The molecule has 0 amide bonds. The van der Waals surface area contributed by atoms with Crippen LogP contribution in [0.5, 0.6) is 5.75 Å². The summed E-state index contributed by atoms with van der Waals surface area (Å²) in [6.07, 6.45) is 4.91. The minimum absolute atomic E-state index is 0. The van der Waals surface area contributed by atoms with E-state index in [0.717, 1.165) is 11.1 Å². The molecule has 0 aliphatic carbocycles. The number of aromatic hydroxyl groups is 1. The van der Waals surface area contributed by atoms with E-state index in [1.54, 1.807) is 31.5 Å². The molecule has 0 spiro atoms. The van der Waals surface area contributed by atoms with Gasteiger partial charge in [0.05, 0.1) is 6.61 Å². The van der Waals surface area contributed by atoms with Crippen LogP contribution in [0.25, 0.3) is 11.6 Å². The lowest BCUT2D eigenvalue weighted by Gasteiger charge is -2.03. The van der Waals surface area contributed by atoms with Crippen LogP contribution in [0.15, 0.2) is 27.7 Å². The third-order valence-corrected chi connectivity index (χ3v) is 3.44. The number of hydrogen-bond donors (Lipinski definition) is 2. The van der Waals surface area contributed by atoms with Gasteiger partial charge >= 0.3 is 5.97 Å². The fourth-order valence-corrected chi connectivity index (χ4v) is 2.40. The number of ether oxygens (including phenoxy) is 1. The van der Waals surface area contributed by atoms with Crippen molar-refractivity contribution in [3.63, 3.8) is 0 Å². The van der Waals surface area contributed by atoms with Crippen LogP contribution in [-0.4, -0.2) is 35.4 Å². The molecule has 0 saturated heterocycles. The zero-order valence-electron chi connectivity index (χ0n) is 13.8. The third kappa shape index (κ3) is 3.51. The first kappa shape index (κ1) is 18.5. The fraction of sp³-hybridized carbons (Fsp3) is 0.235. The van der Waals surface area contributed by atoms with Gasteiger partial charge in [-0.05, 0) is 32.1 Å². The maximum Gasteiger partial charge on any atom is 0.347 e. The number of carbonyl (C=O) groups is 1. The van der Waals surface area contributed by atoms with Crippen molar-refractivity contribution in [2.24, 2.45) is 4.99 Å². The van der Waals surface area contributed by atoms with Crippen LogP contribution in [0.3, 0.4) is 0 Å². The van der Waals surface area contributed by atoms with Crippen molar-refractivity contribution in [1.29, 1.82) is 0 Å². The summed E-state index contributed by atoms with van der Waals surface area (Å²) in [5.41, 5.74) is 1.56. The number of fused-ring (bicyclic) bond motifs is 1. The third-order valence-electron chi connectivity index (χ3n) is 3.44. The Morgan fingerprint density at radius 2 is 2.24 bits per heavy atom. The average Bonchev–Trinajstić information content (AvgIpc) is 3.11. The number of aliphatic imine (C=N–C) groups is 1. The van der Waals surface area contributed by atoms with E-state index in [2.05, 4.69) is 15.3 Å². The number of aromatic nitrogens is 1. The summed E-state index contributed by atoms with van der Waals surface area (Å²) in [5, 5.41) is 13.3. The Bertz CT molecular complexity index is 842. The number of rotatable bonds is 5. The van der Waals surface area contributed by atoms with Gasteiger partial charge < -0.3 is 19.6 Å². The molecule has 2 aromatic rings. The maximum atomic E-state index is 12.1. The molecule has 0 atom stereocenters. The van der Waals surface area contributed by atoms with E-state index >= 15 is 0 Å².